The molecule has 3 atom stereocenters. The minimum Gasteiger partial charge on any atom is -0.469 e. The summed E-state index contributed by atoms with van der Waals surface area (Å²) in [6.07, 6.45) is -0.498. The lowest BCUT2D eigenvalue weighted by molar-refractivity contribution is -0.150. The van der Waals surface area contributed by atoms with Gasteiger partial charge in [-0.2, -0.15) is 0 Å². The minimum absolute atomic E-state index is 0.320. The Kier molecular flexibility index (Phi) is 7.70. The minimum atomic E-state index is -1.26. The van der Waals surface area contributed by atoms with Crippen molar-refractivity contribution in [2.24, 2.45) is 0 Å². The predicted molar refractivity (Wildman–Crippen MR) is 99.2 cm³/mol. The first-order valence-electron chi connectivity index (χ1n) is 8.92. The first-order chi connectivity index (χ1) is 13.8. The molecule has 3 N–H and O–H groups in total. The van der Waals surface area contributed by atoms with Crippen molar-refractivity contribution in [1.82, 2.24) is 16.0 Å². The van der Waals surface area contributed by atoms with Crippen molar-refractivity contribution in [2.75, 3.05) is 14.2 Å². The summed E-state index contributed by atoms with van der Waals surface area (Å²) in [4.78, 5) is 60.0. The molecular formula is C19H23N3O7. The standard InChI is InChI=1S/C19H23N3O7/c1-28-16(24)10-14(19(27)29-2)20-15(23)9-13-18(26)21-12(17(25)22-13)8-11-6-4-3-5-7-11/h3-7,12-14H,8-10H2,1-2H3,(H,20,23)(H,21,26)(H,22,25)/t12-,13-,14+/m0/s1. The van der Waals surface area contributed by atoms with E-state index in [4.69, 9.17) is 0 Å². The van der Waals surface area contributed by atoms with E-state index >= 15 is 0 Å². The molecule has 156 valence electrons. The number of hydrogen-bond acceptors (Lipinski definition) is 7. The highest BCUT2D eigenvalue weighted by Crippen LogP contribution is 2.09. The number of amides is 3. The average molecular weight is 405 g/mol. The van der Waals surface area contributed by atoms with E-state index in [1.54, 1.807) is 0 Å². The molecule has 0 spiro atoms. The van der Waals surface area contributed by atoms with Gasteiger partial charge in [-0.3, -0.25) is 19.2 Å². The molecule has 0 aliphatic carbocycles. The average Bonchev–Trinajstić information content (AvgIpc) is 2.71. The van der Waals surface area contributed by atoms with Gasteiger partial charge in [0.15, 0.2) is 0 Å². The number of esters is 2. The molecule has 1 heterocycles. The number of carbonyl (C=O) groups is 5. The topological polar surface area (TPSA) is 140 Å². The molecule has 1 aliphatic rings. The maximum absolute atomic E-state index is 12.3. The molecular weight excluding hydrogens is 382 g/mol. The van der Waals surface area contributed by atoms with Gasteiger partial charge in [0.25, 0.3) is 0 Å². The molecule has 1 fully saturated rings. The number of carbonyl (C=O) groups excluding carboxylic acids is 5. The van der Waals surface area contributed by atoms with Crippen molar-refractivity contribution in [3.63, 3.8) is 0 Å². The molecule has 0 aromatic heterocycles. The summed E-state index contributed by atoms with van der Waals surface area (Å²) in [5, 5.41) is 7.44. The third kappa shape index (κ3) is 6.30. The maximum Gasteiger partial charge on any atom is 0.328 e. The molecule has 0 unspecified atom stereocenters. The van der Waals surface area contributed by atoms with Crippen molar-refractivity contribution in [3.8, 4) is 0 Å². The number of methoxy groups -OCH3 is 2. The normalized spacial score (nSPS) is 19.4. The van der Waals surface area contributed by atoms with Gasteiger partial charge in [0.05, 0.1) is 27.1 Å². The Bertz CT molecular complexity index is 781. The lowest BCUT2D eigenvalue weighted by atomic mass is 10.0. The first kappa shape index (κ1) is 21.9. The van der Waals surface area contributed by atoms with Gasteiger partial charge in [-0.25, -0.2) is 4.79 Å². The second-order valence-electron chi connectivity index (χ2n) is 6.44. The summed E-state index contributed by atoms with van der Waals surface area (Å²) in [5.41, 5.74) is 0.882. The Morgan fingerprint density at radius 1 is 1.00 bits per heavy atom. The number of benzene rings is 1. The third-order valence-corrected chi connectivity index (χ3v) is 4.36. The number of hydrogen-bond donors (Lipinski definition) is 3. The summed E-state index contributed by atoms with van der Waals surface area (Å²) >= 11 is 0. The Morgan fingerprint density at radius 3 is 2.24 bits per heavy atom. The zero-order chi connectivity index (χ0) is 21.4. The highest BCUT2D eigenvalue weighted by molar-refractivity contribution is 5.99. The highest BCUT2D eigenvalue weighted by atomic mass is 16.5. The zero-order valence-corrected chi connectivity index (χ0v) is 16.1. The number of ether oxygens (including phenoxy) is 2. The summed E-state index contributed by atoms with van der Waals surface area (Å²) in [6.45, 7) is 0. The van der Waals surface area contributed by atoms with Gasteiger partial charge in [0, 0.05) is 6.42 Å². The van der Waals surface area contributed by atoms with E-state index in [1.807, 2.05) is 30.3 Å². The molecule has 0 saturated carbocycles. The molecule has 1 aromatic carbocycles. The summed E-state index contributed by atoms with van der Waals surface area (Å²) in [5.74, 6) is -3.17. The van der Waals surface area contributed by atoms with Crippen molar-refractivity contribution in [1.29, 1.82) is 0 Å². The molecule has 1 saturated heterocycles. The molecule has 10 heteroatoms. The van der Waals surface area contributed by atoms with Crippen LogP contribution in [0.3, 0.4) is 0 Å². The van der Waals surface area contributed by atoms with E-state index < -0.39 is 60.6 Å². The second kappa shape index (κ2) is 10.2. The highest BCUT2D eigenvalue weighted by Gasteiger charge is 2.35. The summed E-state index contributed by atoms with van der Waals surface area (Å²) < 4.78 is 9.03. The SMILES string of the molecule is COC(=O)C[C@@H](NC(=O)C[C@@H]1NC(=O)[C@H](Cc2ccccc2)NC1=O)C(=O)OC. The van der Waals surface area contributed by atoms with Gasteiger partial charge in [-0.05, 0) is 5.56 Å². The summed E-state index contributed by atoms with van der Waals surface area (Å²) in [7, 11) is 2.26. The van der Waals surface area contributed by atoms with Crippen molar-refractivity contribution < 1.29 is 33.4 Å². The van der Waals surface area contributed by atoms with Crippen molar-refractivity contribution in [2.45, 2.75) is 37.4 Å². The molecule has 0 bridgehead atoms. The van der Waals surface area contributed by atoms with Crippen LogP contribution in [0.5, 0.6) is 0 Å². The second-order valence-corrected chi connectivity index (χ2v) is 6.44. The van der Waals surface area contributed by atoms with Crippen LogP contribution in [0, 0.1) is 0 Å². The van der Waals surface area contributed by atoms with Crippen molar-refractivity contribution in [3.05, 3.63) is 35.9 Å². The van der Waals surface area contributed by atoms with Crippen LogP contribution in [0.1, 0.15) is 18.4 Å². The lowest BCUT2D eigenvalue weighted by Gasteiger charge is -2.29. The molecule has 29 heavy (non-hydrogen) atoms. The monoisotopic (exact) mass is 405 g/mol. The van der Waals surface area contributed by atoms with Crippen LogP contribution in [0.4, 0.5) is 0 Å². The largest absolute Gasteiger partial charge is 0.469 e. The number of piperazine rings is 1. The van der Waals surface area contributed by atoms with E-state index in [2.05, 4.69) is 25.4 Å². The van der Waals surface area contributed by atoms with Crippen molar-refractivity contribution >= 4 is 29.7 Å². The van der Waals surface area contributed by atoms with Gasteiger partial charge >= 0.3 is 11.9 Å². The third-order valence-electron chi connectivity index (χ3n) is 4.36. The van der Waals surface area contributed by atoms with Crippen LogP contribution in [-0.2, 0) is 39.9 Å². The Hall–Kier alpha value is -3.43. The molecule has 10 nitrogen and oxygen atoms in total. The van der Waals surface area contributed by atoms with Crippen LogP contribution in [0.2, 0.25) is 0 Å². The van der Waals surface area contributed by atoms with E-state index in [0.29, 0.717) is 6.42 Å². The maximum atomic E-state index is 12.3. The molecule has 1 aliphatic heterocycles. The quantitative estimate of drug-likeness (QED) is 0.463. The fourth-order valence-electron chi connectivity index (χ4n) is 2.84. The smallest absolute Gasteiger partial charge is 0.328 e. The fourth-order valence-corrected chi connectivity index (χ4v) is 2.84. The van der Waals surface area contributed by atoms with E-state index in [-0.39, 0.29) is 0 Å². The predicted octanol–water partition coefficient (Wildman–Crippen LogP) is -1.18. The van der Waals surface area contributed by atoms with Gasteiger partial charge in [-0.15, -0.1) is 0 Å². The number of rotatable bonds is 8. The Morgan fingerprint density at radius 2 is 1.62 bits per heavy atom. The van der Waals surface area contributed by atoms with Gasteiger partial charge in [0.1, 0.15) is 18.1 Å². The van der Waals surface area contributed by atoms with Crippen LogP contribution in [0.15, 0.2) is 30.3 Å². The van der Waals surface area contributed by atoms with Gasteiger partial charge in [-0.1, -0.05) is 30.3 Å². The zero-order valence-electron chi connectivity index (χ0n) is 16.1. The van der Waals surface area contributed by atoms with Crippen LogP contribution in [-0.4, -0.2) is 62.0 Å². The van der Waals surface area contributed by atoms with Gasteiger partial charge in [0.2, 0.25) is 17.7 Å². The molecule has 3 amide bonds. The van der Waals surface area contributed by atoms with Gasteiger partial charge < -0.3 is 25.4 Å². The van der Waals surface area contributed by atoms with Crippen LogP contribution in [0.25, 0.3) is 0 Å². The molecule has 2 rings (SSSR count). The molecule has 0 radical (unpaired) electrons. The van der Waals surface area contributed by atoms with E-state index in [9.17, 15) is 24.0 Å². The fraction of sp³-hybridized carbons (Fsp3) is 0.421. The Labute approximate surface area is 167 Å². The lowest BCUT2D eigenvalue weighted by Crippen LogP contribution is -2.63. The molecule has 1 aromatic rings. The number of nitrogens with one attached hydrogen (secondary N) is 3. The van der Waals surface area contributed by atoms with E-state index in [0.717, 1.165) is 19.8 Å². The first-order valence-corrected chi connectivity index (χ1v) is 8.92. The summed E-state index contributed by atoms with van der Waals surface area (Å²) in [6, 6.07) is 6.10. The van der Waals surface area contributed by atoms with Crippen LogP contribution >= 0.6 is 0 Å². The Balaban J connectivity index is 1.93. The van der Waals surface area contributed by atoms with Crippen LogP contribution < -0.4 is 16.0 Å². The van der Waals surface area contributed by atoms with E-state index in [1.165, 1.54) is 0 Å².